The van der Waals surface area contributed by atoms with Gasteiger partial charge in [-0.1, -0.05) is 0 Å². The second kappa shape index (κ2) is 7.81. The van der Waals surface area contributed by atoms with Crippen LogP contribution in [-0.4, -0.2) is 48.1 Å². The van der Waals surface area contributed by atoms with E-state index in [-0.39, 0.29) is 0 Å². The highest BCUT2D eigenvalue weighted by Crippen LogP contribution is 2.14. The summed E-state index contributed by atoms with van der Waals surface area (Å²) in [5.74, 6) is 0.883. The van der Waals surface area contributed by atoms with Crippen molar-refractivity contribution in [3.05, 3.63) is 24.2 Å². The number of anilines is 1. The molecule has 0 atom stereocenters. The molecule has 0 spiro atoms. The number of methoxy groups -OCH3 is 1. The molecule has 1 N–H and O–H groups in total. The van der Waals surface area contributed by atoms with Gasteiger partial charge in [-0.2, -0.15) is 5.10 Å². The van der Waals surface area contributed by atoms with Crippen LogP contribution in [0.1, 0.15) is 18.5 Å². The number of unbranched alkanes of at least 4 members (excludes halogenated alkanes) is 1. The third-order valence-corrected chi connectivity index (χ3v) is 2.95. The highest BCUT2D eigenvalue weighted by Gasteiger charge is 2.04. The molecule has 0 bridgehead atoms. The number of rotatable bonds is 9. The molecule has 0 aromatic carbocycles. The lowest BCUT2D eigenvalue weighted by Gasteiger charge is -2.07. The Labute approximate surface area is 119 Å². The molecular formula is C14H22N4O2. The Hall–Kier alpha value is -1.66. The molecule has 2 aromatic heterocycles. The Bertz CT molecular complexity index is 527. The van der Waals surface area contributed by atoms with Gasteiger partial charge in [0.25, 0.3) is 0 Å². The molecule has 0 aliphatic heterocycles. The Morgan fingerprint density at radius 2 is 2.15 bits per heavy atom. The van der Waals surface area contributed by atoms with Gasteiger partial charge in [-0.25, -0.2) is 9.50 Å². The summed E-state index contributed by atoms with van der Waals surface area (Å²) < 4.78 is 12.2. The molecule has 0 fully saturated rings. The number of nitrogens with zero attached hydrogens (tertiary/aromatic N) is 3. The van der Waals surface area contributed by atoms with E-state index in [0.29, 0.717) is 13.2 Å². The van der Waals surface area contributed by atoms with Crippen LogP contribution < -0.4 is 5.32 Å². The molecule has 0 aliphatic carbocycles. The molecule has 6 heteroatoms. The number of hydrogen-bond acceptors (Lipinski definition) is 5. The summed E-state index contributed by atoms with van der Waals surface area (Å²) in [7, 11) is 1.68. The van der Waals surface area contributed by atoms with Gasteiger partial charge in [0.05, 0.1) is 18.9 Å². The van der Waals surface area contributed by atoms with Crippen molar-refractivity contribution in [3.8, 4) is 0 Å². The van der Waals surface area contributed by atoms with Crippen molar-refractivity contribution in [2.24, 2.45) is 0 Å². The summed E-state index contributed by atoms with van der Waals surface area (Å²) in [6.45, 7) is 4.96. The molecular weight excluding hydrogens is 256 g/mol. The minimum atomic E-state index is 0.657. The van der Waals surface area contributed by atoms with E-state index in [1.54, 1.807) is 13.3 Å². The van der Waals surface area contributed by atoms with E-state index in [4.69, 9.17) is 9.47 Å². The zero-order valence-corrected chi connectivity index (χ0v) is 12.1. The summed E-state index contributed by atoms with van der Waals surface area (Å²) in [6, 6.07) is 2.03. The molecule has 0 saturated heterocycles. The standard InChI is InChI=1S/C14H22N4O2/c1-12-11-13-14(16-6-7-18(13)17-12)15-5-3-4-8-20-10-9-19-2/h6-7,11H,3-5,8-10H2,1-2H3,(H,15,16). The molecule has 20 heavy (non-hydrogen) atoms. The largest absolute Gasteiger partial charge is 0.382 e. The fraction of sp³-hybridized carbons (Fsp3) is 0.571. The van der Waals surface area contributed by atoms with E-state index in [2.05, 4.69) is 15.4 Å². The van der Waals surface area contributed by atoms with Crippen molar-refractivity contribution in [1.82, 2.24) is 14.6 Å². The lowest BCUT2D eigenvalue weighted by atomic mass is 10.3. The molecule has 0 aliphatic rings. The molecule has 0 radical (unpaired) electrons. The maximum absolute atomic E-state index is 5.42. The Morgan fingerprint density at radius 3 is 3.00 bits per heavy atom. The number of fused-ring (bicyclic) bond motifs is 1. The predicted molar refractivity (Wildman–Crippen MR) is 78.1 cm³/mol. The average Bonchev–Trinajstić information content (AvgIpc) is 2.83. The summed E-state index contributed by atoms with van der Waals surface area (Å²) in [5, 5.41) is 7.72. The van der Waals surface area contributed by atoms with Crippen LogP contribution in [0.4, 0.5) is 5.82 Å². The Morgan fingerprint density at radius 1 is 1.25 bits per heavy atom. The third kappa shape index (κ3) is 4.18. The van der Waals surface area contributed by atoms with Crippen LogP contribution in [0.2, 0.25) is 0 Å². The van der Waals surface area contributed by atoms with Crippen LogP contribution in [0.5, 0.6) is 0 Å². The zero-order chi connectivity index (χ0) is 14.2. The first-order valence-corrected chi connectivity index (χ1v) is 6.93. The fourth-order valence-electron chi connectivity index (χ4n) is 1.96. The van der Waals surface area contributed by atoms with Crippen molar-refractivity contribution in [3.63, 3.8) is 0 Å². The number of ether oxygens (including phenoxy) is 2. The van der Waals surface area contributed by atoms with Gasteiger partial charge in [-0.15, -0.1) is 0 Å². The number of hydrogen-bond donors (Lipinski definition) is 1. The van der Waals surface area contributed by atoms with E-state index in [9.17, 15) is 0 Å². The number of nitrogens with one attached hydrogen (secondary N) is 1. The topological polar surface area (TPSA) is 60.7 Å². The van der Waals surface area contributed by atoms with Crippen LogP contribution in [0.25, 0.3) is 5.52 Å². The Balaban J connectivity index is 1.70. The molecule has 110 valence electrons. The Kier molecular flexibility index (Phi) is 5.76. The van der Waals surface area contributed by atoms with E-state index in [0.717, 1.165) is 43.0 Å². The molecule has 2 rings (SSSR count). The SMILES string of the molecule is COCCOCCCCNc1nccn2nc(C)cc12. The van der Waals surface area contributed by atoms with Gasteiger partial charge in [0.1, 0.15) is 5.52 Å². The molecule has 2 heterocycles. The smallest absolute Gasteiger partial charge is 0.152 e. The van der Waals surface area contributed by atoms with Crippen LogP contribution in [0, 0.1) is 6.92 Å². The summed E-state index contributed by atoms with van der Waals surface area (Å²) in [6.07, 6.45) is 5.69. The van der Waals surface area contributed by atoms with E-state index >= 15 is 0 Å². The van der Waals surface area contributed by atoms with Crippen LogP contribution >= 0.6 is 0 Å². The third-order valence-electron chi connectivity index (χ3n) is 2.95. The summed E-state index contributed by atoms with van der Waals surface area (Å²) in [5.41, 5.74) is 2.01. The van der Waals surface area contributed by atoms with Crippen molar-refractivity contribution < 1.29 is 9.47 Å². The van der Waals surface area contributed by atoms with Crippen molar-refractivity contribution >= 4 is 11.3 Å². The highest BCUT2D eigenvalue weighted by molar-refractivity contribution is 5.67. The van der Waals surface area contributed by atoms with Gasteiger partial charge in [0.15, 0.2) is 5.82 Å². The maximum atomic E-state index is 5.42. The quantitative estimate of drug-likeness (QED) is 0.710. The lowest BCUT2D eigenvalue weighted by Crippen LogP contribution is -2.07. The van der Waals surface area contributed by atoms with E-state index in [1.807, 2.05) is 23.7 Å². The predicted octanol–water partition coefficient (Wildman–Crippen LogP) is 1.89. The first-order valence-electron chi connectivity index (χ1n) is 6.93. The molecule has 0 unspecified atom stereocenters. The average molecular weight is 278 g/mol. The summed E-state index contributed by atoms with van der Waals surface area (Å²) >= 11 is 0. The van der Waals surface area contributed by atoms with Crippen molar-refractivity contribution in [2.45, 2.75) is 19.8 Å². The van der Waals surface area contributed by atoms with Crippen molar-refractivity contribution in [2.75, 3.05) is 38.8 Å². The molecule has 6 nitrogen and oxygen atoms in total. The summed E-state index contributed by atoms with van der Waals surface area (Å²) in [4.78, 5) is 4.36. The normalized spacial score (nSPS) is 11.1. The highest BCUT2D eigenvalue weighted by atomic mass is 16.5. The lowest BCUT2D eigenvalue weighted by molar-refractivity contribution is 0.0691. The first kappa shape index (κ1) is 14.7. The fourth-order valence-corrected chi connectivity index (χ4v) is 1.96. The van der Waals surface area contributed by atoms with Crippen LogP contribution in [-0.2, 0) is 9.47 Å². The zero-order valence-electron chi connectivity index (χ0n) is 12.1. The van der Waals surface area contributed by atoms with Gasteiger partial charge in [0.2, 0.25) is 0 Å². The van der Waals surface area contributed by atoms with Gasteiger partial charge in [-0.3, -0.25) is 0 Å². The number of aromatic nitrogens is 3. The second-order valence-corrected chi connectivity index (χ2v) is 4.63. The van der Waals surface area contributed by atoms with Gasteiger partial charge >= 0.3 is 0 Å². The van der Waals surface area contributed by atoms with Crippen molar-refractivity contribution in [1.29, 1.82) is 0 Å². The molecule has 0 saturated carbocycles. The van der Waals surface area contributed by atoms with Gasteiger partial charge < -0.3 is 14.8 Å². The maximum Gasteiger partial charge on any atom is 0.152 e. The van der Waals surface area contributed by atoms with Crippen LogP contribution in [0.15, 0.2) is 18.5 Å². The monoisotopic (exact) mass is 278 g/mol. The van der Waals surface area contributed by atoms with E-state index in [1.165, 1.54) is 0 Å². The second-order valence-electron chi connectivity index (χ2n) is 4.63. The number of aryl methyl sites for hydroxylation is 1. The minimum absolute atomic E-state index is 0.657. The minimum Gasteiger partial charge on any atom is -0.382 e. The van der Waals surface area contributed by atoms with Gasteiger partial charge in [0, 0.05) is 32.7 Å². The molecule has 0 amide bonds. The first-order chi connectivity index (χ1) is 9.81. The van der Waals surface area contributed by atoms with E-state index < -0.39 is 0 Å². The van der Waals surface area contributed by atoms with Crippen LogP contribution in [0.3, 0.4) is 0 Å². The molecule has 2 aromatic rings. The van der Waals surface area contributed by atoms with Gasteiger partial charge in [-0.05, 0) is 25.8 Å².